The number of ketones is 1. The van der Waals surface area contributed by atoms with Crippen molar-refractivity contribution in [3.8, 4) is 6.07 Å². The summed E-state index contributed by atoms with van der Waals surface area (Å²) in [5, 5.41) is 15.3. The van der Waals surface area contributed by atoms with E-state index in [1.165, 1.54) is 17.9 Å². The second kappa shape index (κ2) is 7.13. The number of hydrogen-bond donors (Lipinski definition) is 1. The molecule has 1 aromatic carbocycles. The number of para-hydroxylation sites is 1. The monoisotopic (exact) mass is 297 g/mol. The molecule has 0 atom stereocenters. The second-order valence-electron chi connectivity index (χ2n) is 4.70. The van der Waals surface area contributed by atoms with Crippen molar-refractivity contribution < 1.29 is 9.59 Å². The summed E-state index contributed by atoms with van der Waals surface area (Å²) in [6.07, 6.45) is 2.30. The van der Waals surface area contributed by atoms with Crippen LogP contribution in [0.3, 0.4) is 0 Å². The highest BCUT2D eigenvalue weighted by Crippen LogP contribution is 2.16. The number of nitrogens with zero attached hydrogens (tertiary/aromatic N) is 4. The summed E-state index contributed by atoms with van der Waals surface area (Å²) in [6, 6.07) is 8.74. The molecule has 0 aliphatic rings. The number of carbonyl (C=O) groups excluding carboxylic acids is 2. The molecule has 0 fully saturated rings. The molecule has 0 radical (unpaired) electrons. The zero-order valence-electron chi connectivity index (χ0n) is 12.1. The smallest absolute Gasteiger partial charge is 0.252 e. The largest absolute Gasteiger partial charge is 0.325 e. The van der Waals surface area contributed by atoms with Crippen LogP contribution in [-0.2, 0) is 11.3 Å². The van der Waals surface area contributed by atoms with Gasteiger partial charge in [-0.1, -0.05) is 12.1 Å². The van der Waals surface area contributed by atoms with Crippen molar-refractivity contribution in [3.63, 3.8) is 0 Å². The van der Waals surface area contributed by atoms with Gasteiger partial charge in [-0.15, -0.1) is 5.10 Å². The van der Waals surface area contributed by atoms with Gasteiger partial charge in [0.05, 0.1) is 5.69 Å². The fourth-order valence-electron chi connectivity index (χ4n) is 1.97. The third-order valence-corrected chi connectivity index (χ3v) is 3.01. The zero-order valence-corrected chi connectivity index (χ0v) is 12.1. The quantitative estimate of drug-likeness (QED) is 0.819. The number of aryl methyl sites for hydroxylation is 1. The molecule has 0 bridgehead atoms. The first-order valence-corrected chi connectivity index (χ1v) is 6.79. The van der Waals surface area contributed by atoms with Crippen molar-refractivity contribution in [2.75, 3.05) is 5.32 Å². The fraction of sp³-hybridized carbons (Fsp3) is 0.267. The maximum absolute atomic E-state index is 11.9. The minimum atomic E-state index is -0.172. The Morgan fingerprint density at radius 1 is 1.36 bits per heavy atom. The average molecular weight is 297 g/mol. The molecule has 0 unspecified atom stereocenters. The Morgan fingerprint density at radius 2 is 2.14 bits per heavy atom. The molecule has 0 saturated heterocycles. The van der Waals surface area contributed by atoms with Crippen LogP contribution in [0.2, 0.25) is 0 Å². The van der Waals surface area contributed by atoms with Gasteiger partial charge in [-0.25, -0.2) is 4.98 Å². The Hall–Kier alpha value is -3.01. The summed E-state index contributed by atoms with van der Waals surface area (Å²) in [4.78, 5) is 27.2. The highest BCUT2D eigenvalue weighted by Gasteiger charge is 2.09. The SMILES string of the molecule is CC(=O)c1ccccc1NC(=O)CCCn1cnc(C#N)n1. The van der Waals surface area contributed by atoms with Gasteiger partial charge in [-0.3, -0.25) is 14.3 Å². The lowest BCUT2D eigenvalue weighted by Crippen LogP contribution is -2.14. The average Bonchev–Trinajstić information content (AvgIpc) is 2.95. The minimum absolute atomic E-state index is 0.0949. The van der Waals surface area contributed by atoms with Gasteiger partial charge in [-0.05, 0) is 25.5 Å². The topological polar surface area (TPSA) is 101 Å². The summed E-state index contributed by atoms with van der Waals surface area (Å²) >= 11 is 0. The number of anilines is 1. The van der Waals surface area contributed by atoms with E-state index >= 15 is 0 Å². The molecule has 0 spiro atoms. The lowest BCUT2D eigenvalue weighted by atomic mass is 10.1. The predicted molar refractivity (Wildman–Crippen MR) is 79.0 cm³/mol. The van der Waals surface area contributed by atoms with Gasteiger partial charge in [0.15, 0.2) is 5.78 Å². The van der Waals surface area contributed by atoms with E-state index in [9.17, 15) is 9.59 Å². The van der Waals surface area contributed by atoms with E-state index in [0.717, 1.165) is 0 Å². The number of Topliss-reactive ketones (excluding diaryl/α,β-unsaturated/α-hetero) is 1. The van der Waals surface area contributed by atoms with E-state index in [-0.39, 0.29) is 23.9 Å². The number of nitriles is 1. The van der Waals surface area contributed by atoms with Crippen LogP contribution in [0.15, 0.2) is 30.6 Å². The third-order valence-electron chi connectivity index (χ3n) is 3.01. The molecule has 1 aromatic heterocycles. The molecule has 22 heavy (non-hydrogen) atoms. The van der Waals surface area contributed by atoms with Crippen molar-refractivity contribution in [2.45, 2.75) is 26.3 Å². The Bertz CT molecular complexity index is 730. The van der Waals surface area contributed by atoms with Crippen LogP contribution in [-0.4, -0.2) is 26.5 Å². The molecular weight excluding hydrogens is 282 g/mol. The minimum Gasteiger partial charge on any atom is -0.325 e. The van der Waals surface area contributed by atoms with Gasteiger partial charge in [0.25, 0.3) is 5.82 Å². The van der Waals surface area contributed by atoms with Crippen molar-refractivity contribution in [2.24, 2.45) is 0 Å². The normalized spacial score (nSPS) is 10.0. The van der Waals surface area contributed by atoms with E-state index in [0.29, 0.717) is 24.2 Å². The second-order valence-corrected chi connectivity index (χ2v) is 4.70. The molecular formula is C15H15N5O2. The Kier molecular flexibility index (Phi) is 4.98. The Labute approximate surface area is 127 Å². The first-order valence-electron chi connectivity index (χ1n) is 6.79. The molecule has 1 heterocycles. The molecule has 2 aromatic rings. The molecule has 1 N–H and O–H groups in total. The first-order chi connectivity index (χ1) is 10.6. The lowest BCUT2D eigenvalue weighted by Gasteiger charge is -2.08. The van der Waals surface area contributed by atoms with Crippen LogP contribution >= 0.6 is 0 Å². The number of benzene rings is 1. The van der Waals surface area contributed by atoms with Gasteiger partial charge in [0.2, 0.25) is 5.91 Å². The number of aromatic nitrogens is 3. The van der Waals surface area contributed by atoms with E-state index in [4.69, 9.17) is 5.26 Å². The van der Waals surface area contributed by atoms with E-state index in [1.54, 1.807) is 24.3 Å². The molecule has 7 nitrogen and oxygen atoms in total. The summed E-state index contributed by atoms with van der Waals surface area (Å²) in [5.41, 5.74) is 1.01. The number of amides is 1. The molecule has 2 rings (SSSR count). The van der Waals surface area contributed by atoms with E-state index in [2.05, 4.69) is 15.4 Å². The van der Waals surface area contributed by atoms with Gasteiger partial charge in [0, 0.05) is 18.5 Å². The standard InChI is InChI=1S/C15H15N5O2/c1-11(21)12-5-2-3-6-13(12)18-15(22)7-4-8-20-10-17-14(9-16)19-20/h2-3,5-6,10H,4,7-8H2,1H3,(H,18,22). The van der Waals surface area contributed by atoms with Gasteiger partial charge < -0.3 is 5.32 Å². The highest BCUT2D eigenvalue weighted by molar-refractivity contribution is 6.03. The maximum atomic E-state index is 11.9. The molecule has 1 amide bonds. The van der Waals surface area contributed by atoms with Gasteiger partial charge in [-0.2, -0.15) is 5.26 Å². The van der Waals surface area contributed by atoms with Crippen LogP contribution < -0.4 is 5.32 Å². The first kappa shape index (κ1) is 15.4. The van der Waals surface area contributed by atoms with Crippen molar-refractivity contribution >= 4 is 17.4 Å². The van der Waals surface area contributed by atoms with Crippen molar-refractivity contribution in [1.29, 1.82) is 5.26 Å². The highest BCUT2D eigenvalue weighted by atomic mass is 16.1. The molecule has 0 aliphatic carbocycles. The third kappa shape index (κ3) is 3.99. The number of nitrogens with one attached hydrogen (secondary N) is 1. The predicted octanol–water partition coefficient (Wildman–Crippen LogP) is 1.77. The number of carbonyl (C=O) groups is 2. The Balaban J connectivity index is 1.86. The molecule has 7 heteroatoms. The van der Waals surface area contributed by atoms with E-state index in [1.807, 2.05) is 6.07 Å². The van der Waals surface area contributed by atoms with Crippen molar-refractivity contribution in [3.05, 3.63) is 42.0 Å². The van der Waals surface area contributed by atoms with Gasteiger partial charge >= 0.3 is 0 Å². The number of hydrogen-bond acceptors (Lipinski definition) is 5. The summed E-state index contributed by atoms with van der Waals surface area (Å²) in [5.74, 6) is -0.156. The summed E-state index contributed by atoms with van der Waals surface area (Å²) < 4.78 is 1.52. The van der Waals surface area contributed by atoms with E-state index < -0.39 is 0 Å². The van der Waals surface area contributed by atoms with Gasteiger partial charge in [0.1, 0.15) is 12.4 Å². The molecule has 0 aliphatic heterocycles. The fourth-order valence-corrected chi connectivity index (χ4v) is 1.97. The van der Waals surface area contributed by atoms with Crippen LogP contribution in [0.4, 0.5) is 5.69 Å². The molecule has 112 valence electrons. The van der Waals surface area contributed by atoms with Crippen molar-refractivity contribution in [1.82, 2.24) is 14.8 Å². The summed E-state index contributed by atoms with van der Waals surface area (Å²) in [6.45, 7) is 1.96. The van der Waals surface area contributed by atoms with Crippen LogP contribution in [0.1, 0.15) is 35.9 Å². The van der Waals surface area contributed by atoms with Crippen LogP contribution in [0, 0.1) is 11.3 Å². The molecule has 0 saturated carbocycles. The number of rotatable bonds is 6. The zero-order chi connectivity index (χ0) is 15.9. The summed E-state index contributed by atoms with van der Waals surface area (Å²) in [7, 11) is 0. The van der Waals surface area contributed by atoms with Crippen LogP contribution in [0.5, 0.6) is 0 Å². The maximum Gasteiger partial charge on any atom is 0.252 e. The van der Waals surface area contributed by atoms with Crippen LogP contribution in [0.25, 0.3) is 0 Å². The lowest BCUT2D eigenvalue weighted by molar-refractivity contribution is -0.116. The Morgan fingerprint density at radius 3 is 2.82 bits per heavy atom.